The Morgan fingerprint density at radius 2 is 1.95 bits per heavy atom. The predicted molar refractivity (Wildman–Crippen MR) is 79.0 cm³/mol. The highest BCUT2D eigenvalue weighted by molar-refractivity contribution is 5.57. The van der Waals surface area contributed by atoms with E-state index in [9.17, 15) is 0 Å². The third kappa shape index (κ3) is 2.98. The first-order valence-electron chi connectivity index (χ1n) is 7.43. The van der Waals surface area contributed by atoms with Crippen molar-refractivity contribution < 1.29 is 0 Å². The summed E-state index contributed by atoms with van der Waals surface area (Å²) < 4.78 is 1.69. The molecule has 1 aliphatic rings. The van der Waals surface area contributed by atoms with Crippen molar-refractivity contribution in [3.05, 3.63) is 30.1 Å². The molecule has 1 aromatic carbocycles. The van der Waals surface area contributed by atoms with Crippen LogP contribution >= 0.6 is 0 Å². The van der Waals surface area contributed by atoms with Crippen LogP contribution in [0.5, 0.6) is 0 Å². The van der Waals surface area contributed by atoms with Crippen LogP contribution < -0.4 is 5.32 Å². The normalized spacial score (nSPS) is 16.9. The Bertz CT molecular complexity index is 541. The molecule has 5 nitrogen and oxygen atoms in total. The summed E-state index contributed by atoms with van der Waals surface area (Å²) in [5, 5.41) is 15.0. The number of nitrogens with zero attached hydrogens (tertiary/aromatic N) is 4. The molecule has 0 unspecified atom stereocenters. The smallest absolute Gasteiger partial charge is 0.143 e. The molecule has 0 amide bonds. The number of nitrogens with one attached hydrogen (secondary N) is 1. The number of anilines is 1. The number of benzene rings is 1. The predicted octanol–water partition coefficient (Wildman–Crippen LogP) is 3.11. The third-order valence-electron chi connectivity index (χ3n) is 4.05. The van der Waals surface area contributed by atoms with Gasteiger partial charge in [-0.25, -0.2) is 4.68 Å². The van der Waals surface area contributed by atoms with E-state index < -0.39 is 0 Å². The molecule has 5 heteroatoms. The lowest BCUT2D eigenvalue weighted by Crippen LogP contribution is -2.19. The number of hydrogen-bond donors (Lipinski definition) is 1. The first-order valence-corrected chi connectivity index (χ1v) is 7.43. The van der Waals surface area contributed by atoms with Gasteiger partial charge in [0.25, 0.3) is 0 Å². The highest BCUT2D eigenvalue weighted by Crippen LogP contribution is 2.24. The van der Waals surface area contributed by atoms with Crippen molar-refractivity contribution in [2.24, 2.45) is 0 Å². The summed E-state index contributed by atoms with van der Waals surface area (Å²) in [6.45, 7) is 2.14. The van der Waals surface area contributed by atoms with Gasteiger partial charge in [-0.1, -0.05) is 31.7 Å². The molecule has 1 fully saturated rings. The zero-order valence-electron chi connectivity index (χ0n) is 11.9. The van der Waals surface area contributed by atoms with Crippen LogP contribution in [0.3, 0.4) is 0 Å². The quantitative estimate of drug-likeness (QED) is 0.871. The topological polar surface area (TPSA) is 55.6 Å². The van der Waals surface area contributed by atoms with Gasteiger partial charge < -0.3 is 5.32 Å². The summed E-state index contributed by atoms with van der Waals surface area (Å²) in [6.07, 6.45) is 9.60. The van der Waals surface area contributed by atoms with Crippen molar-refractivity contribution in [3.8, 4) is 5.69 Å². The average Bonchev–Trinajstić information content (AvgIpc) is 2.87. The van der Waals surface area contributed by atoms with Gasteiger partial charge in [0.05, 0.1) is 5.69 Å². The number of aryl methyl sites for hydroxylation is 1. The average molecular weight is 271 g/mol. The standard InChI is InChI=1S/C15H21N5/c1-12-8-9-14(20-11-16-18-19-20)10-15(12)17-13-6-4-2-3-5-7-13/h8-11,13,17H,2-7H2,1H3. The number of aromatic nitrogens is 4. The van der Waals surface area contributed by atoms with Crippen LogP contribution in [0.2, 0.25) is 0 Å². The van der Waals surface area contributed by atoms with Crippen LogP contribution in [-0.4, -0.2) is 26.2 Å². The van der Waals surface area contributed by atoms with Crippen LogP contribution in [-0.2, 0) is 0 Å². The highest BCUT2D eigenvalue weighted by atomic mass is 15.5. The van der Waals surface area contributed by atoms with Crippen LogP contribution in [0.25, 0.3) is 5.69 Å². The van der Waals surface area contributed by atoms with E-state index in [0.29, 0.717) is 6.04 Å². The summed E-state index contributed by atoms with van der Waals surface area (Å²) in [5.41, 5.74) is 3.47. The molecule has 106 valence electrons. The molecule has 0 bridgehead atoms. The van der Waals surface area contributed by atoms with Crippen LogP contribution in [0.1, 0.15) is 44.1 Å². The Morgan fingerprint density at radius 1 is 1.15 bits per heavy atom. The molecule has 0 saturated heterocycles. The van der Waals surface area contributed by atoms with E-state index in [-0.39, 0.29) is 0 Å². The zero-order chi connectivity index (χ0) is 13.8. The van der Waals surface area contributed by atoms with Gasteiger partial charge in [-0.05, 0) is 47.9 Å². The molecule has 0 aliphatic heterocycles. The van der Waals surface area contributed by atoms with E-state index in [2.05, 4.69) is 39.9 Å². The van der Waals surface area contributed by atoms with Crippen molar-refractivity contribution in [3.63, 3.8) is 0 Å². The van der Waals surface area contributed by atoms with Gasteiger partial charge in [0.2, 0.25) is 0 Å². The summed E-state index contributed by atoms with van der Waals surface area (Å²) in [6, 6.07) is 6.90. The molecule has 0 atom stereocenters. The number of tetrazole rings is 1. The summed E-state index contributed by atoms with van der Waals surface area (Å²) in [5.74, 6) is 0. The molecule has 0 radical (unpaired) electrons. The molecule has 2 aromatic rings. The van der Waals surface area contributed by atoms with Crippen molar-refractivity contribution in [1.82, 2.24) is 20.2 Å². The van der Waals surface area contributed by atoms with Crippen LogP contribution in [0.4, 0.5) is 5.69 Å². The van der Waals surface area contributed by atoms with E-state index in [0.717, 1.165) is 5.69 Å². The Balaban J connectivity index is 1.79. The molecular formula is C15H21N5. The largest absolute Gasteiger partial charge is 0.382 e. The molecule has 0 spiro atoms. The van der Waals surface area contributed by atoms with Crippen molar-refractivity contribution in [2.75, 3.05) is 5.32 Å². The van der Waals surface area contributed by atoms with Gasteiger partial charge in [-0.3, -0.25) is 0 Å². The maximum atomic E-state index is 3.95. The first kappa shape index (κ1) is 13.1. The number of hydrogen-bond acceptors (Lipinski definition) is 4. The Hall–Kier alpha value is -1.91. The third-order valence-corrected chi connectivity index (χ3v) is 4.05. The van der Waals surface area contributed by atoms with E-state index in [1.807, 2.05) is 6.07 Å². The van der Waals surface area contributed by atoms with Crippen molar-refractivity contribution >= 4 is 5.69 Å². The molecule has 20 heavy (non-hydrogen) atoms. The fourth-order valence-electron chi connectivity index (χ4n) is 2.83. The minimum Gasteiger partial charge on any atom is -0.382 e. The van der Waals surface area contributed by atoms with E-state index in [1.54, 1.807) is 11.0 Å². The monoisotopic (exact) mass is 271 g/mol. The lowest BCUT2D eigenvalue weighted by Gasteiger charge is -2.19. The molecule has 1 N–H and O–H groups in total. The summed E-state index contributed by atoms with van der Waals surface area (Å²) in [4.78, 5) is 0. The highest BCUT2D eigenvalue weighted by Gasteiger charge is 2.13. The van der Waals surface area contributed by atoms with E-state index in [4.69, 9.17) is 0 Å². The molecular weight excluding hydrogens is 250 g/mol. The fraction of sp³-hybridized carbons (Fsp3) is 0.533. The maximum absolute atomic E-state index is 3.95. The SMILES string of the molecule is Cc1ccc(-n2cnnn2)cc1NC1CCCCCC1. The van der Waals surface area contributed by atoms with Crippen LogP contribution in [0.15, 0.2) is 24.5 Å². The molecule has 3 rings (SSSR count). The van der Waals surface area contributed by atoms with E-state index >= 15 is 0 Å². The van der Waals surface area contributed by atoms with Crippen molar-refractivity contribution in [2.45, 2.75) is 51.5 Å². The Morgan fingerprint density at radius 3 is 2.65 bits per heavy atom. The first-order chi connectivity index (χ1) is 9.83. The van der Waals surface area contributed by atoms with Gasteiger partial charge in [-0.15, -0.1) is 5.10 Å². The van der Waals surface area contributed by atoms with Crippen molar-refractivity contribution in [1.29, 1.82) is 0 Å². The lowest BCUT2D eigenvalue weighted by molar-refractivity contribution is 0.619. The molecule has 1 aromatic heterocycles. The van der Waals surface area contributed by atoms with Gasteiger partial charge >= 0.3 is 0 Å². The minimum atomic E-state index is 0.598. The fourth-order valence-corrected chi connectivity index (χ4v) is 2.83. The Labute approximate surface area is 119 Å². The zero-order valence-corrected chi connectivity index (χ0v) is 11.9. The van der Waals surface area contributed by atoms with E-state index in [1.165, 1.54) is 49.8 Å². The maximum Gasteiger partial charge on any atom is 0.143 e. The summed E-state index contributed by atoms with van der Waals surface area (Å²) in [7, 11) is 0. The van der Waals surface area contributed by atoms with Gasteiger partial charge in [0.15, 0.2) is 0 Å². The second-order valence-corrected chi connectivity index (χ2v) is 5.59. The van der Waals surface area contributed by atoms with Crippen LogP contribution in [0, 0.1) is 6.92 Å². The van der Waals surface area contributed by atoms with Gasteiger partial charge in [0, 0.05) is 11.7 Å². The molecule has 1 aliphatic carbocycles. The van der Waals surface area contributed by atoms with Gasteiger partial charge in [0.1, 0.15) is 6.33 Å². The minimum absolute atomic E-state index is 0.598. The molecule has 1 heterocycles. The number of rotatable bonds is 3. The van der Waals surface area contributed by atoms with Gasteiger partial charge in [-0.2, -0.15) is 0 Å². The molecule has 1 saturated carbocycles. The lowest BCUT2D eigenvalue weighted by atomic mass is 10.1. The second kappa shape index (κ2) is 6.03. The Kier molecular flexibility index (Phi) is 3.95. The second-order valence-electron chi connectivity index (χ2n) is 5.59. The summed E-state index contributed by atoms with van der Waals surface area (Å²) >= 11 is 0.